The molecule has 1 aliphatic rings. The second-order valence-electron chi connectivity index (χ2n) is 4.87. The molecule has 3 rings (SSSR count). The average Bonchev–Trinajstić information content (AvgIpc) is 2.81. The Bertz CT molecular complexity index is 782. The molecule has 0 radical (unpaired) electrons. The van der Waals surface area contributed by atoms with E-state index in [0.717, 1.165) is 15.7 Å². The summed E-state index contributed by atoms with van der Waals surface area (Å²) in [4.78, 5) is 17.1. The molecule has 0 spiro atoms. The van der Waals surface area contributed by atoms with Crippen LogP contribution in [-0.4, -0.2) is 11.1 Å². The van der Waals surface area contributed by atoms with Gasteiger partial charge in [0.05, 0.1) is 10.6 Å². The fraction of sp³-hybridized carbons (Fsp3) is 0.0588. The predicted molar refractivity (Wildman–Crippen MR) is 96.1 cm³/mol. The van der Waals surface area contributed by atoms with Crippen LogP contribution in [0.1, 0.15) is 11.1 Å². The van der Waals surface area contributed by atoms with Gasteiger partial charge in [-0.25, -0.2) is 4.99 Å². The number of nitrogens with one attached hydrogen (secondary N) is 1. The zero-order valence-corrected chi connectivity index (χ0v) is 14.2. The molecule has 5 heteroatoms. The summed E-state index contributed by atoms with van der Waals surface area (Å²) in [5.41, 5.74) is 3.00. The maximum absolute atomic E-state index is 12.0. The Morgan fingerprint density at radius 3 is 2.68 bits per heavy atom. The summed E-state index contributed by atoms with van der Waals surface area (Å²) in [5.74, 6) is -0.112. The number of hydrogen-bond donors (Lipinski definition) is 1. The van der Waals surface area contributed by atoms with Crippen molar-refractivity contribution >= 4 is 50.5 Å². The Morgan fingerprint density at radius 2 is 1.95 bits per heavy atom. The van der Waals surface area contributed by atoms with Crippen molar-refractivity contribution in [3.05, 3.63) is 69.0 Å². The Morgan fingerprint density at radius 1 is 1.18 bits per heavy atom. The summed E-state index contributed by atoms with van der Waals surface area (Å²) >= 11 is 4.76. The first kappa shape index (κ1) is 15.1. The number of hydrogen-bond acceptors (Lipinski definition) is 3. The molecule has 2 aromatic rings. The number of benzene rings is 2. The van der Waals surface area contributed by atoms with E-state index in [9.17, 15) is 4.79 Å². The first-order valence-electron chi connectivity index (χ1n) is 6.72. The van der Waals surface area contributed by atoms with Crippen LogP contribution >= 0.6 is 27.7 Å². The number of carbonyl (C=O) groups is 1. The van der Waals surface area contributed by atoms with Crippen LogP contribution in [-0.2, 0) is 4.79 Å². The molecule has 0 aliphatic carbocycles. The molecular weight excluding hydrogens is 360 g/mol. The summed E-state index contributed by atoms with van der Waals surface area (Å²) in [6.45, 7) is 2.04. The smallest absolute Gasteiger partial charge is 0.264 e. The second kappa shape index (κ2) is 6.50. The minimum absolute atomic E-state index is 0.112. The van der Waals surface area contributed by atoms with Crippen LogP contribution in [0, 0.1) is 6.92 Å². The Kier molecular flexibility index (Phi) is 4.45. The Labute approximate surface area is 141 Å². The van der Waals surface area contributed by atoms with Crippen LogP contribution in [0.4, 0.5) is 5.69 Å². The Balaban J connectivity index is 1.82. The zero-order chi connectivity index (χ0) is 15.5. The number of amidine groups is 1. The van der Waals surface area contributed by atoms with Gasteiger partial charge in [0.1, 0.15) is 0 Å². The van der Waals surface area contributed by atoms with Crippen molar-refractivity contribution in [1.82, 2.24) is 5.32 Å². The van der Waals surface area contributed by atoms with Crippen LogP contribution in [0.25, 0.3) is 6.08 Å². The lowest BCUT2D eigenvalue weighted by molar-refractivity contribution is -0.115. The van der Waals surface area contributed by atoms with Crippen molar-refractivity contribution < 1.29 is 4.79 Å². The molecule has 22 heavy (non-hydrogen) atoms. The van der Waals surface area contributed by atoms with E-state index in [1.165, 1.54) is 17.3 Å². The molecule has 0 atom stereocenters. The zero-order valence-electron chi connectivity index (χ0n) is 11.8. The molecule has 1 amide bonds. The van der Waals surface area contributed by atoms with Gasteiger partial charge in [0.2, 0.25) is 0 Å². The van der Waals surface area contributed by atoms with Crippen LogP contribution in [0.15, 0.2) is 62.9 Å². The third-order valence-corrected chi connectivity index (χ3v) is 4.47. The van der Waals surface area contributed by atoms with Gasteiger partial charge in [-0.15, -0.1) is 0 Å². The summed E-state index contributed by atoms with van der Waals surface area (Å²) < 4.78 is 0.957. The first-order valence-corrected chi connectivity index (χ1v) is 8.33. The van der Waals surface area contributed by atoms with Gasteiger partial charge in [0, 0.05) is 4.47 Å². The van der Waals surface area contributed by atoms with Gasteiger partial charge in [-0.3, -0.25) is 4.79 Å². The van der Waals surface area contributed by atoms with Gasteiger partial charge in [-0.05, 0) is 48.5 Å². The lowest BCUT2D eigenvalue weighted by Gasteiger charge is -1.97. The minimum atomic E-state index is -0.112. The number of carbonyl (C=O) groups excluding carboxylic acids is 1. The number of rotatable bonds is 2. The van der Waals surface area contributed by atoms with Crippen molar-refractivity contribution in [2.24, 2.45) is 4.99 Å². The summed E-state index contributed by atoms with van der Waals surface area (Å²) in [7, 11) is 0. The van der Waals surface area contributed by atoms with E-state index in [1.54, 1.807) is 0 Å². The summed E-state index contributed by atoms with van der Waals surface area (Å²) in [6, 6.07) is 15.7. The van der Waals surface area contributed by atoms with E-state index in [-0.39, 0.29) is 5.91 Å². The van der Waals surface area contributed by atoms with Crippen molar-refractivity contribution in [2.45, 2.75) is 6.92 Å². The van der Waals surface area contributed by atoms with Gasteiger partial charge in [-0.2, -0.15) is 0 Å². The van der Waals surface area contributed by atoms with E-state index in [1.807, 2.05) is 61.5 Å². The van der Waals surface area contributed by atoms with Crippen LogP contribution < -0.4 is 5.32 Å². The average molecular weight is 373 g/mol. The summed E-state index contributed by atoms with van der Waals surface area (Å²) in [6.07, 6.45) is 1.88. The van der Waals surface area contributed by atoms with Gasteiger partial charge >= 0.3 is 0 Å². The van der Waals surface area contributed by atoms with E-state index in [0.29, 0.717) is 10.1 Å². The molecule has 0 bridgehead atoms. The van der Waals surface area contributed by atoms with E-state index < -0.39 is 0 Å². The lowest BCUT2D eigenvalue weighted by atomic mass is 10.1. The highest BCUT2D eigenvalue weighted by molar-refractivity contribution is 9.10. The molecule has 110 valence electrons. The molecular formula is C17H13BrN2OS. The fourth-order valence-electron chi connectivity index (χ4n) is 1.96. The molecule has 2 aromatic carbocycles. The van der Waals surface area contributed by atoms with Crippen LogP contribution in [0.5, 0.6) is 0 Å². The topological polar surface area (TPSA) is 41.5 Å². The molecule has 1 aliphatic heterocycles. The number of aryl methyl sites for hydroxylation is 1. The highest BCUT2D eigenvalue weighted by Crippen LogP contribution is 2.28. The normalized spacial score (nSPS) is 18.0. The molecule has 3 nitrogen and oxygen atoms in total. The van der Waals surface area contributed by atoms with Gasteiger partial charge < -0.3 is 5.32 Å². The van der Waals surface area contributed by atoms with Gasteiger partial charge in [0.15, 0.2) is 5.17 Å². The highest BCUT2D eigenvalue weighted by atomic mass is 79.9. The number of aliphatic imine (C=N–C) groups is 1. The monoisotopic (exact) mass is 372 g/mol. The summed E-state index contributed by atoms with van der Waals surface area (Å²) in [5, 5.41) is 3.39. The molecule has 1 N–H and O–H groups in total. The molecule has 1 heterocycles. The largest absolute Gasteiger partial charge is 0.300 e. The van der Waals surface area contributed by atoms with Gasteiger partial charge in [0.25, 0.3) is 5.91 Å². The predicted octanol–water partition coefficient (Wildman–Crippen LogP) is 4.65. The van der Waals surface area contributed by atoms with Crippen molar-refractivity contribution in [3.8, 4) is 0 Å². The van der Waals surface area contributed by atoms with Crippen molar-refractivity contribution in [1.29, 1.82) is 0 Å². The number of halogens is 1. The third kappa shape index (κ3) is 3.67. The van der Waals surface area contributed by atoms with E-state index >= 15 is 0 Å². The maximum atomic E-state index is 12.0. The van der Waals surface area contributed by atoms with Crippen LogP contribution in [0.2, 0.25) is 0 Å². The lowest BCUT2D eigenvalue weighted by Crippen LogP contribution is -2.19. The number of thioether (sulfide) groups is 1. The van der Waals surface area contributed by atoms with Crippen molar-refractivity contribution in [3.63, 3.8) is 0 Å². The minimum Gasteiger partial charge on any atom is -0.300 e. The van der Waals surface area contributed by atoms with E-state index in [4.69, 9.17) is 0 Å². The standard InChI is InChI=1S/C17H13BrN2OS/c1-11-5-7-12(8-6-11)9-15-16(21)20-17(22-15)19-14-4-2-3-13(18)10-14/h2-10H,1H3,(H,19,20,21). The molecule has 0 saturated carbocycles. The highest BCUT2D eigenvalue weighted by Gasteiger charge is 2.23. The molecule has 0 aromatic heterocycles. The second-order valence-corrected chi connectivity index (χ2v) is 6.82. The third-order valence-electron chi connectivity index (χ3n) is 3.06. The number of amides is 1. The quantitative estimate of drug-likeness (QED) is 0.779. The van der Waals surface area contributed by atoms with Crippen molar-refractivity contribution in [2.75, 3.05) is 0 Å². The van der Waals surface area contributed by atoms with Gasteiger partial charge in [-0.1, -0.05) is 51.8 Å². The fourth-order valence-corrected chi connectivity index (χ4v) is 3.19. The SMILES string of the molecule is Cc1ccc(C=C2SC(=Nc3cccc(Br)c3)NC2=O)cc1. The first-order chi connectivity index (χ1) is 10.6. The van der Waals surface area contributed by atoms with Crippen LogP contribution in [0.3, 0.4) is 0 Å². The number of nitrogens with zero attached hydrogens (tertiary/aromatic N) is 1. The van der Waals surface area contributed by atoms with E-state index in [2.05, 4.69) is 26.2 Å². The molecule has 1 saturated heterocycles. The maximum Gasteiger partial charge on any atom is 0.264 e. The molecule has 1 fully saturated rings. The molecule has 0 unspecified atom stereocenters. The Hall–Kier alpha value is -1.85.